The molecule has 3 aromatic carbocycles. The van der Waals surface area contributed by atoms with Crippen molar-refractivity contribution in [2.45, 2.75) is 12.0 Å². The standard InChI is InChI=1S/C24H24N2O3S/c1-28-22-16-19(12-13-21(22)29-17-18-8-4-2-5-9-18)23-26(14-15-30-23)24(27)25-20-10-6-3-7-11-20/h2-13,16,23H,14-15,17H2,1H3,(H,25,27). The van der Waals surface area contributed by atoms with Crippen LogP contribution in [0.15, 0.2) is 78.9 Å². The van der Waals surface area contributed by atoms with E-state index in [1.54, 1.807) is 18.9 Å². The summed E-state index contributed by atoms with van der Waals surface area (Å²) in [5.41, 5.74) is 2.91. The molecule has 1 heterocycles. The van der Waals surface area contributed by atoms with Crippen LogP contribution in [0.25, 0.3) is 0 Å². The van der Waals surface area contributed by atoms with Gasteiger partial charge in [0.15, 0.2) is 11.5 Å². The van der Waals surface area contributed by atoms with Crippen LogP contribution in [0.3, 0.4) is 0 Å². The molecular formula is C24H24N2O3S. The van der Waals surface area contributed by atoms with Crippen LogP contribution in [-0.2, 0) is 6.61 Å². The lowest BCUT2D eigenvalue weighted by atomic mass is 10.2. The third-order valence-electron chi connectivity index (χ3n) is 4.89. The van der Waals surface area contributed by atoms with Crippen LogP contribution in [0.4, 0.5) is 10.5 Å². The first-order valence-corrected chi connectivity index (χ1v) is 10.9. The molecule has 0 bridgehead atoms. The highest BCUT2D eigenvalue weighted by Crippen LogP contribution is 2.41. The largest absolute Gasteiger partial charge is 0.493 e. The monoisotopic (exact) mass is 420 g/mol. The number of hydrogen-bond acceptors (Lipinski definition) is 4. The third kappa shape index (κ3) is 4.71. The average Bonchev–Trinajstić information content (AvgIpc) is 3.29. The zero-order valence-corrected chi connectivity index (χ0v) is 17.6. The Hall–Kier alpha value is -3.12. The van der Waals surface area contributed by atoms with Gasteiger partial charge in [-0.1, -0.05) is 54.6 Å². The Labute approximate surface area is 181 Å². The summed E-state index contributed by atoms with van der Waals surface area (Å²) in [5, 5.41) is 2.92. The first-order valence-electron chi connectivity index (χ1n) is 9.83. The molecule has 0 aliphatic carbocycles. The molecule has 1 atom stereocenters. The highest BCUT2D eigenvalue weighted by molar-refractivity contribution is 7.99. The molecule has 1 aliphatic heterocycles. The van der Waals surface area contributed by atoms with Gasteiger partial charge in [0, 0.05) is 18.0 Å². The summed E-state index contributed by atoms with van der Waals surface area (Å²) in [6, 6.07) is 25.3. The molecule has 0 saturated carbocycles. The van der Waals surface area contributed by atoms with Crippen molar-refractivity contribution in [3.63, 3.8) is 0 Å². The Balaban J connectivity index is 1.47. The minimum Gasteiger partial charge on any atom is -0.493 e. The quantitative estimate of drug-likeness (QED) is 0.568. The van der Waals surface area contributed by atoms with Crippen molar-refractivity contribution in [3.8, 4) is 11.5 Å². The summed E-state index contributed by atoms with van der Waals surface area (Å²) in [6.07, 6.45) is 0. The molecule has 1 aliphatic rings. The Bertz CT molecular complexity index is 982. The van der Waals surface area contributed by atoms with Crippen LogP contribution in [-0.4, -0.2) is 30.3 Å². The lowest BCUT2D eigenvalue weighted by Gasteiger charge is -2.25. The van der Waals surface area contributed by atoms with E-state index in [-0.39, 0.29) is 11.4 Å². The molecule has 3 aromatic rings. The van der Waals surface area contributed by atoms with E-state index in [4.69, 9.17) is 9.47 Å². The van der Waals surface area contributed by atoms with E-state index < -0.39 is 0 Å². The highest BCUT2D eigenvalue weighted by atomic mass is 32.2. The first-order chi connectivity index (χ1) is 14.7. The number of nitrogens with one attached hydrogen (secondary N) is 1. The van der Waals surface area contributed by atoms with Crippen molar-refractivity contribution in [1.82, 2.24) is 4.90 Å². The normalized spacial score (nSPS) is 15.6. The van der Waals surface area contributed by atoms with Crippen LogP contribution in [0.2, 0.25) is 0 Å². The van der Waals surface area contributed by atoms with Crippen LogP contribution in [0.5, 0.6) is 11.5 Å². The van der Waals surface area contributed by atoms with Crippen LogP contribution in [0, 0.1) is 0 Å². The van der Waals surface area contributed by atoms with Crippen LogP contribution >= 0.6 is 11.8 Å². The highest BCUT2D eigenvalue weighted by Gasteiger charge is 2.31. The summed E-state index contributed by atoms with van der Waals surface area (Å²) in [5.74, 6) is 2.24. The second kappa shape index (κ2) is 9.59. The Kier molecular flexibility index (Phi) is 6.44. The number of carbonyl (C=O) groups excluding carboxylic acids is 1. The average molecular weight is 421 g/mol. The number of urea groups is 1. The molecule has 154 valence electrons. The number of benzene rings is 3. The molecule has 0 radical (unpaired) electrons. The minimum absolute atomic E-state index is 0.0641. The molecule has 0 spiro atoms. The van der Waals surface area contributed by atoms with E-state index in [0.717, 1.165) is 22.6 Å². The van der Waals surface area contributed by atoms with Gasteiger partial charge in [0.1, 0.15) is 12.0 Å². The number of rotatable bonds is 6. The zero-order valence-electron chi connectivity index (χ0n) is 16.8. The maximum atomic E-state index is 12.8. The van der Waals surface area contributed by atoms with Gasteiger partial charge in [0.25, 0.3) is 0 Å². The SMILES string of the molecule is COc1cc(C2SCCN2C(=O)Nc2ccccc2)ccc1OCc1ccccc1. The van der Waals surface area contributed by atoms with E-state index in [9.17, 15) is 4.79 Å². The van der Waals surface area contributed by atoms with Gasteiger partial charge in [0.05, 0.1) is 7.11 Å². The number of nitrogens with zero attached hydrogens (tertiary/aromatic N) is 1. The number of hydrogen-bond donors (Lipinski definition) is 1. The van der Waals surface area contributed by atoms with Crippen molar-refractivity contribution in [2.24, 2.45) is 0 Å². The van der Waals surface area contributed by atoms with Gasteiger partial charge in [-0.15, -0.1) is 11.8 Å². The van der Waals surface area contributed by atoms with E-state index in [1.807, 2.05) is 83.8 Å². The van der Waals surface area contributed by atoms with Crippen molar-refractivity contribution in [1.29, 1.82) is 0 Å². The second-order valence-electron chi connectivity index (χ2n) is 6.90. The lowest BCUT2D eigenvalue weighted by molar-refractivity contribution is 0.214. The van der Waals surface area contributed by atoms with Crippen molar-refractivity contribution in [2.75, 3.05) is 24.7 Å². The van der Waals surface area contributed by atoms with Gasteiger partial charge in [0.2, 0.25) is 0 Å². The van der Waals surface area contributed by atoms with Gasteiger partial charge in [-0.2, -0.15) is 0 Å². The Morgan fingerprint density at radius 2 is 1.77 bits per heavy atom. The summed E-state index contributed by atoms with van der Waals surface area (Å²) < 4.78 is 11.5. The van der Waals surface area contributed by atoms with Crippen LogP contribution in [0.1, 0.15) is 16.5 Å². The molecule has 1 unspecified atom stereocenters. The molecule has 2 amide bonds. The fourth-order valence-electron chi connectivity index (χ4n) is 3.36. The van der Waals surface area contributed by atoms with Gasteiger partial charge >= 0.3 is 6.03 Å². The second-order valence-corrected chi connectivity index (χ2v) is 8.09. The molecule has 5 nitrogen and oxygen atoms in total. The zero-order chi connectivity index (χ0) is 20.8. The Morgan fingerprint density at radius 3 is 2.50 bits per heavy atom. The number of ether oxygens (including phenoxy) is 2. The predicted molar refractivity (Wildman–Crippen MR) is 121 cm³/mol. The first kappa shape index (κ1) is 20.2. The minimum atomic E-state index is -0.0976. The van der Waals surface area contributed by atoms with Crippen molar-refractivity contribution < 1.29 is 14.3 Å². The number of anilines is 1. The molecule has 6 heteroatoms. The summed E-state index contributed by atoms with van der Waals surface area (Å²) in [6.45, 7) is 1.17. The van der Waals surface area contributed by atoms with E-state index in [2.05, 4.69) is 5.32 Å². The summed E-state index contributed by atoms with van der Waals surface area (Å²) in [4.78, 5) is 14.7. The number of amides is 2. The van der Waals surface area contributed by atoms with E-state index >= 15 is 0 Å². The van der Waals surface area contributed by atoms with Gasteiger partial charge in [-0.3, -0.25) is 0 Å². The van der Waals surface area contributed by atoms with Gasteiger partial charge < -0.3 is 19.7 Å². The number of thioether (sulfide) groups is 1. The Morgan fingerprint density at radius 1 is 1.03 bits per heavy atom. The molecule has 30 heavy (non-hydrogen) atoms. The summed E-state index contributed by atoms with van der Waals surface area (Å²) >= 11 is 1.75. The lowest BCUT2D eigenvalue weighted by Crippen LogP contribution is -2.34. The maximum absolute atomic E-state index is 12.8. The third-order valence-corrected chi connectivity index (χ3v) is 6.15. The fourth-order valence-corrected chi connectivity index (χ4v) is 4.61. The number of carbonyl (C=O) groups is 1. The molecule has 4 rings (SSSR count). The van der Waals surface area contributed by atoms with Gasteiger partial charge in [-0.05, 0) is 35.4 Å². The van der Waals surface area contributed by atoms with E-state index in [0.29, 0.717) is 24.7 Å². The topological polar surface area (TPSA) is 50.8 Å². The molecule has 0 aromatic heterocycles. The van der Waals surface area contributed by atoms with Crippen molar-refractivity contribution in [3.05, 3.63) is 90.0 Å². The van der Waals surface area contributed by atoms with E-state index in [1.165, 1.54) is 0 Å². The van der Waals surface area contributed by atoms with Gasteiger partial charge in [-0.25, -0.2) is 4.79 Å². The van der Waals surface area contributed by atoms with Crippen molar-refractivity contribution >= 4 is 23.5 Å². The number of methoxy groups -OCH3 is 1. The molecular weight excluding hydrogens is 396 g/mol. The molecule has 1 N–H and O–H groups in total. The maximum Gasteiger partial charge on any atom is 0.323 e. The van der Waals surface area contributed by atoms with Crippen LogP contribution < -0.4 is 14.8 Å². The summed E-state index contributed by atoms with van der Waals surface area (Å²) in [7, 11) is 1.64. The molecule has 1 saturated heterocycles. The smallest absolute Gasteiger partial charge is 0.323 e. The molecule has 1 fully saturated rings. The number of para-hydroxylation sites is 1. The predicted octanol–water partition coefficient (Wildman–Crippen LogP) is 5.55. The fraction of sp³-hybridized carbons (Fsp3) is 0.208.